The fraction of sp³-hybridized carbons (Fsp3) is 0.778. The van der Waals surface area contributed by atoms with Crippen molar-refractivity contribution in [1.29, 1.82) is 0 Å². The Morgan fingerprint density at radius 2 is 1.65 bits per heavy atom. The maximum Gasteiger partial charge on any atom is 0.0334 e. The van der Waals surface area contributed by atoms with Crippen LogP contribution in [0.2, 0.25) is 0 Å². The van der Waals surface area contributed by atoms with Gasteiger partial charge in [0, 0.05) is 29.9 Å². The molecular formula is C18H28N2. The topological polar surface area (TPSA) is 30.9 Å². The molecule has 5 rings (SSSR count). The van der Waals surface area contributed by atoms with Gasteiger partial charge in [-0.05, 0) is 81.8 Å². The third kappa shape index (κ3) is 1.80. The molecule has 2 nitrogen and oxygen atoms in total. The van der Waals surface area contributed by atoms with Crippen molar-refractivity contribution in [1.82, 2.24) is 4.57 Å². The van der Waals surface area contributed by atoms with Gasteiger partial charge >= 0.3 is 0 Å². The molecule has 0 aromatic carbocycles. The van der Waals surface area contributed by atoms with Crippen LogP contribution in [0.4, 0.5) is 0 Å². The normalized spacial score (nSPS) is 38.9. The largest absolute Gasteiger partial charge is 0.345 e. The zero-order chi connectivity index (χ0) is 13.9. The number of nitrogens with zero attached hydrogens (tertiary/aromatic N) is 1. The molecule has 4 bridgehead atoms. The lowest BCUT2D eigenvalue weighted by Crippen LogP contribution is -2.44. The Balaban J connectivity index is 1.73. The van der Waals surface area contributed by atoms with E-state index in [1.54, 1.807) is 12.1 Å². The first kappa shape index (κ1) is 12.9. The SMILES string of the molecule is CC(C)n1c(CN)ccc1C1C2CC3CC(C2)CC1C3. The zero-order valence-electron chi connectivity index (χ0n) is 12.9. The van der Waals surface area contributed by atoms with E-state index in [0.717, 1.165) is 29.6 Å². The molecule has 0 atom stereocenters. The number of aromatic nitrogens is 1. The Bertz CT molecular complexity index is 472. The molecule has 0 aliphatic heterocycles. The second-order valence-electron chi connectivity index (χ2n) is 7.87. The first-order chi connectivity index (χ1) is 9.67. The summed E-state index contributed by atoms with van der Waals surface area (Å²) >= 11 is 0. The van der Waals surface area contributed by atoms with Gasteiger partial charge in [0.05, 0.1) is 0 Å². The molecule has 4 fully saturated rings. The fourth-order valence-corrected chi connectivity index (χ4v) is 5.98. The molecule has 1 heterocycles. The van der Waals surface area contributed by atoms with Crippen LogP contribution < -0.4 is 5.73 Å². The highest BCUT2D eigenvalue weighted by molar-refractivity contribution is 5.25. The Kier molecular flexibility index (Phi) is 2.99. The molecule has 110 valence electrons. The van der Waals surface area contributed by atoms with Crippen molar-refractivity contribution < 1.29 is 0 Å². The van der Waals surface area contributed by atoms with E-state index in [4.69, 9.17) is 5.73 Å². The standard InChI is InChI=1S/C18H28N2/c1-11(2)20-16(10-19)3-4-17(20)18-14-6-12-5-13(8-14)9-15(18)7-12/h3-4,11-15,18H,5-10,19H2,1-2H3. The lowest BCUT2D eigenvalue weighted by atomic mass is 9.51. The molecule has 0 spiro atoms. The molecule has 20 heavy (non-hydrogen) atoms. The van der Waals surface area contributed by atoms with Crippen molar-refractivity contribution in [2.75, 3.05) is 0 Å². The molecule has 2 heteroatoms. The van der Waals surface area contributed by atoms with Gasteiger partial charge in [0.25, 0.3) is 0 Å². The average Bonchev–Trinajstić information content (AvgIpc) is 2.81. The number of hydrogen-bond donors (Lipinski definition) is 1. The van der Waals surface area contributed by atoms with Crippen LogP contribution >= 0.6 is 0 Å². The van der Waals surface area contributed by atoms with Crippen molar-refractivity contribution in [2.45, 2.75) is 64.5 Å². The molecule has 0 radical (unpaired) electrons. The summed E-state index contributed by atoms with van der Waals surface area (Å²) in [6.45, 7) is 5.28. The van der Waals surface area contributed by atoms with E-state index in [2.05, 4.69) is 30.5 Å². The van der Waals surface area contributed by atoms with Gasteiger partial charge in [0.2, 0.25) is 0 Å². The van der Waals surface area contributed by atoms with Crippen molar-refractivity contribution in [2.24, 2.45) is 29.4 Å². The van der Waals surface area contributed by atoms with E-state index in [-0.39, 0.29) is 0 Å². The molecule has 0 saturated heterocycles. The number of hydrogen-bond acceptors (Lipinski definition) is 1. The van der Waals surface area contributed by atoms with Crippen molar-refractivity contribution >= 4 is 0 Å². The van der Waals surface area contributed by atoms with E-state index in [1.807, 2.05) is 0 Å². The first-order valence-corrected chi connectivity index (χ1v) is 8.57. The summed E-state index contributed by atoms with van der Waals surface area (Å²) in [5.74, 6) is 4.87. The van der Waals surface area contributed by atoms with Gasteiger partial charge in [-0.15, -0.1) is 0 Å². The van der Waals surface area contributed by atoms with Crippen LogP contribution in [0.5, 0.6) is 0 Å². The second kappa shape index (κ2) is 4.62. The predicted octanol–water partition coefficient (Wildman–Crippen LogP) is 4.07. The fourth-order valence-electron chi connectivity index (χ4n) is 5.98. The van der Waals surface area contributed by atoms with Crippen molar-refractivity contribution in [3.63, 3.8) is 0 Å². The van der Waals surface area contributed by atoms with E-state index in [1.165, 1.54) is 31.4 Å². The molecule has 1 aromatic rings. The van der Waals surface area contributed by atoms with Crippen LogP contribution in [0.1, 0.15) is 69.3 Å². The van der Waals surface area contributed by atoms with Crippen molar-refractivity contribution in [3.05, 3.63) is 23.5 Å². The van der Waals surface area contributed by atoms with Gasteiger partial charge in [-0.25, -0.2) is 0 Å². The summed E-state index contributed by atoms with van der Waals surface area (Å²) in [5.41, 5.74) is 8.88. The average molecular weight is 272 g/mol. The minimum absolute atomic E-state index is 0.538. The number of rotatable bonds is 3. The van der Waals surface area contributed by atoms with Crippen LogP contribution in [-0.2, 0) is 6.54 Å². The summed E-state index contributed by atoms with van der Waals surface area (Å²) in [6.07, 6.45) is 7.54. The lowest BCUT2D eigenvalue weighted by Gasteiger charge is -2.54. The third-order valence-electron chi connectivity index (χ3n) is 6.33. The summed E-state index contributed by atoms with van der Waals surface area (Å²) in [6, 6.07) is 5.21. The highest BCUT2D eigenvalue weighted by atomic mass is 15.0. The first-order valence-electron chi connectivity index (χ1n) is 8.57. The highest BCUT2D eigenvalue weighted by Gasteiger charge is 2.49. The minimum Gasteiger partial charge on any atom is -0.345 e. The minimum atomic E-state index is 0.538. The van der Waals surface area contributed by atoms with Crippen LogP contribution in [-0.4, -0.2) is 4.57 Å². The molecule has 0 amide bonds. The molecule has 4 aliphatic carbocycles. The molecular weight excluding hydrogens is 244 g/mol. The van der Waals surface area contributed by atoms with Crippen molar-refractivity contribution in [3.8, 4) is 0 Å². The Labute approximate surface area is 122 Å². The molecule has 0 unspecified atom stereocenters. The van der Waals surface area contributed by atoms with E-state index < -0.39 is 0 Å². The highest BCUT2D eigenvalue weighted by Crippen LogP contribution is 2.60. The monoisotopic (exact) mass is 272 g/mol. The molecule has 4 aliphatic rings. The lowest BCUT2D eigenvalue weighted by molar-refractivity contribution is -0.00558. The molecule has 4 saturated carbocycles. The third-order valence-corrected chi connectivity index (χ3v) is 6.33. The van der Waals surface area contributed by atoms with Gasteiger partial charge in [-0.1, -0.05) is 0 Å². The summed E-state index contributed by atoms with van der Waals surface area (Å²) in [5, 5.41) is 0. The van der Waals surface area contributed by atoms with Crippen LogP contribution in [0, 0.1) is 23.7 Å². The smallest absolute Gasteiger partial charge is 0.0334 e. The quantitative estimate of drug-likeness (QED) is 0.883. The Morgan fingerprint density at radius 3 is 2.15 bits per heavy atom. The van der Waals surface area contributed by atoms with E-state index in [9.17, 15) is 0 Å². The van der Waals surface area contributed by atoms with Gasteiger partial charge in [0.1, 0.15) is 0 Å². The number of nitrogens with two attached hydrogens (primary N) is 1. The summed E-state index contributed by atoms with van der Waals surface area (Å²) < 4.78 is 2.55. The van der Waals surface area contributed by atoms with Crippen LogP contribution in [0.3, 0.4) is 0 Å². The second-order valence-corrected chi connectivity index (χ2v) is 7.87. The summed E-state index contributed by atoms with van der Waals surface area (Å²) in [7, 11) is 0. The van der Waals surface area contributed by atoms with Gasteiger partial charge in [-0.2, -0.15) is 0 Å². The van der Waals surface area contributed by atoms with Crippen LogP contribution in [0.25, 0.3) is 0 Å². The summed E-state index contributed by atoms with van der Waals surface area (Å²) in [4.78, 5) is 0. The van der Waals surface area contributed by atoms with E-state index >= 15 is 0 Å². The van der Waals surface area contributed by atoms with Gasteiger partial charge < -0.3 is 10.3 Å². The van der Waals surface area contributed by atoms with Gasteiger partial charge in [0.15, 0.2) is 0 Å². The molecule has 1 aromatic heterocycles. The van der Waals surface area contributed by atoms with E-state index in [0.29, 0.717) is 12.6 Å². The van der Waals surface area contributed by atoms with Crippen LogP contribution in [0.15, 0.2) is 12.1 Å². The molecule has 2 N–H and O–H groups in total. The maximum absolute atomic E-state index is 5.96. The van der Waals surface area contributed by atoms with Gasteiger partial charge in [-0.3, -0.25) is 0 Å². The Hall–Kier alpha value is -0.760. The Morgan fingerprint density at radius 1 is 1.05 bits per heavy atom. The predicted molar refractivity (Wildman–Crippen MR) is 82.5 cm³/mol. The zero-order valence-corrected chi connectivity index (χ0v) is 12.9. The maximum atomic E-state index is 5.96.